The number of nitrogen functional groups attached to an aromatic ring is 1. The zero-order valence-corrected chi connectivity index (χ0v) is 10.4. The Balaban J connectivity index is 2.04. The SMILES string of the molecule is CCC1CCC(C(=O)c2cccnc2N)CC1. The highest BCUT2D eigenvalue weighted by molar-refractivity contribution is 6.01. The van der Waals surface area contributed by atoms with Gasteiger partial charge in [0.2, 0.25) is 0 Å². The fourth-order valence-electron chi connectivity index (χ4n) is 2.68. The number of carbonyl (C=O) groups is 1. The average Bonchev–Trinajstić information content (AvgIpc) is 2.39. The molecular formula is C14H20N2O. The summed E-state index contributed by atoms with van der Waals surface area (Å²) in [6.45, 7) is 2.23. The molecule has 0 bridgehead atoms. The van der Waals surface area contributed by atoms with Crippen LogP contribution in [-0.4, -0.2) is 10.8 Å². The molecule has 0 amide bonds. The van der Waals surface area contributed by atoms with Crippen LogP contribution in [0.3, 0.4) is 0 Å². The summed E-state index contributed by atoms with van der Waals surface area (Å²) in [5, 5.41) is 0. The summed E-state index contributed by atoms with van der Waals surface area (Å²) in [6, 6.07) is 3.57. The molecule has 2 N–H and O–H groups in total. The first-order chi connectivity index (χ1) is 8.22. The van der Waals surface area contributed by atoms with Crippen molar-refractivity contribution in [1.82, 2.24) is 4.98 Å². The lowest BCUT2D eigenvalue weighted by Crippen LogP contribution is -2.22. The van der Waals surface area contributed by atoms with Crippen molar-refractivity contribution >= 4 is 11.6 Å². The fraction of sp³-hybridized carbons (Fsp3) is 0.571. The van der Waals surface area contributed by atoms with Gasteiger partial charge < -0.3 is 5.73 Å². The standard InChI is InChI=1S/C14H20N2O/c1-2-10-5-7-11(8-6-10)13(17)12-4-3-9-16-14(12)15/h3-4,9-11H,2,5-8H2,1H3,(H2,15,16). The van der Waals surface area contributed by atoms with E-state index in [4.69, 9.17) is 5.73 Å². The molecule has 1 aromatic rings. The van der Waals surface area contributed by atoms with Crippen LogP contribution < -0.4 is 5.73 Å². The molecule has 1 aliphatic rings. The molecule has 1 aromatic heterocycles. The molecule has 1 fully saturated rings. The van der Waals surface area contributed by atoms with Crippen LogP contribution in [0.25, 0.3) is 0 Å². The van der Waals surface area contributed by atoms with Crippen molar-refractivity contribution < 1.29 is 4.79 Å². The van der Waals surface area contributed by atoms with E-state index in [-0.39, 0.29) is 11.7 Å². The molecule has 0 spiro atoms. The molecule has 0 unspecified atom stereocenters. The van der Waals surface area contributed by atoms with Gasteiger partial charge in [-0.05, 0) is 43.7 Å². The van der Waals surface area contributed by atoms with E-state index in [0.29, 0.717) is 11.4 Å². The lowest BCUT2D eigenvalue weighted by atomic mass is 9.78. The largest absolute Gasteiger partial charge is 0.383 e. The number of aromatic nitrogens is 1. The lowest BCUT2D eigenvalue weighted by molar-refractivity contribution is 0.0871. The molecule has 17 heavy (non-hydrogen) atoms. The molecule has 0 saturated heterocycles. The molecule has 0 atom stereocenters. The molecule has 1 saturated carbocycles. The Bertz CT molecular complexity index is 395. The smallest absolute Gasteiger partial charge is 0.169 e. The van der Waals surface area contributed by atoms with Crippen molar-refractivity contribution in [1.29, 1.82) is 0 Å². The number of hydrogen-bond donors (Lipinski definition) is 1. The second kappa shape index (κ2) is 5.30. The van der Waals surface area contributed by atoms with Gasteiger partial charge in [-0.25, -0.2) is 4.98 Å². The molecule has 2 rings (SSSR count). The number of carbonyl (C=O) groups excluding carboxylic acids is 1. The normalized spacial score (nSPS) is 24.5. The van der Waals surface area contributed by atoms with Crippen molar-refractivity contribution in [3.63, 3.8) is 0 Å². The van der Waals surface area contributed by atoms with Crippen molar-refractivity contribution in [2.75, 3.05) is 5.73 Å². The van der Waals surface area contributed by atoms with Crippen LogP contribution in [0.15, 0.2) is 18.3 Å². The van der Waals surface area contributed by atoms with Crippen molar-refractivity contribution in [3.05, 3.63) is 23.9 Å². The number of anilines is 1. The predicted octanol–water partition coefficient (Wildman–Crippen LogP) is 3.06. The minimum atomic E-state index is 0.157. The van der Waals surface area contributed by atoms with Gasteiger partial charge in [-0.2, -0.15) is 0 Å². The van der Waals surface area contributed by atoms with E-state index >= 15 is 0 Å². The van der Waals surface area contributed by atoms with Crippen molar-refractivity contribution in [3.8, 4) is 0 Å². The number of rotatable bonds is 3. The Morgan fingerprint density at radius 3 is 2.71 bits per heavy atom. The number of ketones is 1. The number of hydrogen-bond acceptors (Lipinski definition) is 3. The summed E-state index contributed by atoms with van der Waals surface area (Å²) in [7, 11) is 0. The maximum absolute atomic E-state index is 12.3. The van der Waals surface area contributed by atoms with Crippen molar-refractivity contribution in [2.24, 2.45) is 11.8 Å². The van der Waals surface area contributed by atoms with E-state index in [1.54, 1.807) is 18.3 Å². The third-order valence-electron chi connectivity index (χ3n) is 3.90. The zero-order chi connectivity index (χ0) is 12.3. The van der Waals surface area contributed by atoms with Gasteiger partial charge >= 0.3 is 0 Å². The maximum Gasteiger partial charge on any atom is 0.169 e. The third-order valence-corrected chi connectivity index (χ3v) is 3.90. The van der Waals surface area contributed by atoms with Crippen LogP contribution in [0.5, 0.6) is 0 Å². The second-order valence-electron chi connectivity index (χ2n) is 4.93. The average molecular weight is 232 g/mol. The summed E-state index contributed by atoms with van der Waals surface area (Å²) in [4.78, 5) is 16.3. The number of nitrogens with two attached hydrogens (primary N) is 1. The van der Waals surface area contributed by atoms with E-state index in [1.165, 1.54) is 19.3 Å². The molecule has 3 heteroatoms. The van der Waals surface area contributed by atoms with Crippen LogP contribution in [0.4, 0.5) is 5.82 Å². The quantitative estimate of drug-likeness (QED) is 0.815. The minimum absolute atomic E-state index is 0.157. The second-order valence-corrected chi connectivity index (χ2v) is 4.93. The van der Waals surface area contributed by atoms with Gasteiger partial charge in [-0.1, -0.05) is 13.3 Å². The monoisotopic (exact) mass is 232 g/mol. The van der Waals surface area contributed by atoms with Crippen LogP contribution >= 0.6 is 0 Å². The Morgan fingerprint density at radius 2 is 2.12 bits per heavy atom. The van der Waals surface area contributed by atoms with Crippen LogP contribution in [0, 0.1) is 11.8 Å². The van der Waals surface area contributed by atoms with E-state index in [1.807, 2.05) is 0 Å². The van der Waals surface area contributed by atoms with Gasteiger partial charge in [0.15, 0.2) is 5.78 Å². The van der Waals surface area contributed by atoms with Gasteiger partial charge in [0.05, 0.1) is 5.56 Å². The highest BCUT2D eigenvalue weighted by Crippen LogP contribution is 2.33. The van der Waals surface area contributed by atoms with Crippen LogP contribution in [0.2, 0.25) is 0 Å². The van der Waals surface area contributed by atoms with E-state index < -0.39 is 0 Å². The molecule has 1 aliphatic carbocycles. The summed E-state index contributed by atoms with van der Waals surface area (Å²) < 4.78 is 0. The van der Waals surface area contributed by atoms with Gasteiger partial charge in [-0.3, -0.25) is 4.79 Å². The predicted molar refractivity (Wildman–Crippen MR) is 68.7 cm³/mol. The first kappa shape index (κ1) is 12.1. The Labute approximate surface area is 102 Å². The van der Waals surface area contributed by atoms with Crippen LogP contribution in [0.1, 0.15) is 49.4 Å². The van der Waals surface area contributed by atoms with Gasteiger partial charge in [-0.15, -0.1) is 0 Å². The first-order valence-corrected chi connectivity index (χ1v) is 6.47. The molecule has 0 aliphatic heterocycles. The minimum Gasteiger partial charge on any atom is -0.383 e. The highest BCUT2D eigenvalue weighted by atomic mass is 16.1. The number of Topliss-reactive ketones (excluding diaryl/α,β-unsaturated/α-hetero) is 1. The van der Waals surface area contributed by atoms with E-state index in [9.17, 15) is 4.79 Å². The molecule has 1 heterocycles. The van der Waals surface area contributed by atoms with Gasteiger partial charge in [0.25, 0.3) is 0 Å². The molecular weight excluding hydrogens is 212 g/mol. The molecule has 92 valence electrons. The summed E-state index contributed by atoms with van der Waals surface area (Å²) >= 11 is 0. The van der Waals surface area contributed by atoms with Gasteiger partial charge in [0.1, 0.15) is 5.82 Å². The number of pyridine rings is 1. The molecule has 3 nitrogen and oxygen atoms in total. The third kappa shape index (κ3) is 2.65. The Hall–Kier alpha value is -1.38. The zero-order valence-electron chi connectivity index (χ0n) is 10.4. The first-order valence-electron chi connectivity index (χ1n) is 6.47. The summed E-state index contributed by atoms with van der Waals surface area (Å²) in [5.74, 6) is 1.52. The Morgan fingerprint density at radius 1 is 1.41 bits per heavy atom. The number of nitrogens with zero attached hydrogens (tertiary/aromatic N) is 1. The maximum atomic E-state index is 12.3. The van der Waals surface area contributed by atoms with E-state index in [2.05, 4.69) is 11.9 Å². The Kier molecular flexibility index (Phi) is 3.77. The van der Waals surface area contributed by atoms with Gasteiger partial charge in [0, 0.05) is 12.1 Å². The molecule has 0 aromatic carbocycles. The lowest BCUT2D eigenvalue weighted by Gasteiger charge is -2.26. The van der Waals surface area contributed by atoms with Crippen LogP contribution in [-0.2, 0) is 0 Å². The topological polar surface area (TPSA) is 56.0 Å². The summed E-state index contributed by atoms with van der Waals surface area (Å²) in [5.41, 5.74) is 6.35. The van der Waals surface area contributed by atoms with E-state index in [0.717, 1.165) is 18.8 Å². The van der Waals surface area contributed by atoms with Crippen molar-refractivity contribution in [2.45, 2.75) is 39.0 Å². The summed E-state index contributed by atoms with van der Waals surface area (Å²) in [6.07, 6.45) is 7.22. The molecule has 0 radical (unpaired) electrons. The fourth-order valence-corrected chi connectivity index (χ4v) is 2.68. The highest BCUT2D eigenvalue weighted by Gasteiger charge is 2.27.